The lowest BCUT2D eigenvalue weighted by atomic mass is 10.0. The van der Waals surface area contributed by atoms with Crippen molar-refractivity contribution in [3.63, 3.8) is 0 Å². The first-order valence-electron chi connectivity index (χ1n) is 6.10. The number of benzene rings is 1. The van der Waals surface area contributed by atoms with E-state index >= 15 is 0 Å². The zero-order valence-electron chi connectivity index (χ0n) is 10.4. The van der Waals surface area contributed by atoms with Crippen molar-refractivity contribution in [3.05, 3.63) is 35.9 Å². The first kappa shape index (κ1) is 11.9. The number of carbonyl (C=O) groups excluding carboxylic acids is 2. The van der Waals surface area contributed by atoms with Gasteiger partial charge in [0.05, 0.1) is 23.8 Å². The minimum atomic E-state index is -1.19. The van der Waals surface area contributed by atoms with Crippen molar-refractivity contribution in [1.29, 1.82) is 0 Å². The Kier molecular flexibility index (Phi) is 2.29. The molecule has 1 aromatic rings. The maximum absolute atomic E-state index is 12.1. The Hall–Kier alpha value is -2.17. The number of rotatable bonds is 3. The molecular formula is C14H13NO4. The van der Waals surface area contributed by atoms with E-state index in [2.05, 4.69) is 0 Å². The zero-order chi connectivity index (χ0) is 13.8. The predicted molar refractivity (Wildman–Crippen MR) is 64.7 cm³/mol. The van der Waals surface area contributed by atoms with Crippen LogP contribution in [0.2, 0.25) is 0 Å². The number of hydrogen-bond donors (Lipinski definition) is 1. The summed E-state index contributed by atoms with van der Waals surface area (Å²) in [5.74, 6) is -3.14. The molecule has 1 aliphatic carbocycles. The Morgan fingerprint density at radius 3 is 2.21 bits per heavy atom. The second-order valence-corrected chi connectivity index (χ2v) is 5.29. The fourth-order valence-electron chi connectivity index (χ4n) is 2.94. The van der Waals surface area contributed by atoms with Gasteiger partial charge in [-0.05, 0) is 12.5 Å². The molecule has 2 atom stereocenters. The van der Waals surface area contributed by atoms with Gasteiger partial charge in [0.1, 0.15) is 0 Å². The number of carbonyl (C=O) groups is 3. The molecule has 2 amide bonds. The van der Waals surface area contributed by atoms with Crippen molar-refractivity contribution < 1.29 is 19.5 Å². The van der Waals surface area contributed by atoms with E-state index in [9.17, 15) is 14.4 Å². The second-order valence-electron chi connectivity index (χ2n) is 5.29. The molecular weight excluding hydrogens is 246 g/mol. The Morgan fingerprint density at radius 1 is 1.21 bits per heavy atom. The van der Waals surface area contributed by atoms with E-state index in [1.165, 1.54) is 11.8 Å². The van der Waals surface area contributed by atoms with Crippen molar-refractivity contribution in [2.75, 3.05) is 0 Å². The van der Waals surface area contributed by atoms with Gasteiger partial charge in [-0.2, -0.15) is 0 Å². The van der Waals surface area contributed by atoms with Gasteiger partial charge in [-0.1, -0.05) is 30.3 Å². The highest BCUT2D eigenvalue weighted by molar-refractivity contribution is 6.14. The van der Waals surface area contributed by atoms with Crippen LogP contribution in [0.4, 0.5) is 0 Å². The smallest absolute Gasteiger partial charge is 0.311 e. The summed E-state index contributed by atoms with van der Waals surface area (Å²) in [6.07, 6.45) is 0. The third kappa shape index (κ3) is 1.44. The summed E-state index contributed by atoms with van der Waals surface area (Å²) in [5.41, 5.74) is -0.330. The third-order valence-corrected chi connectivity index (χ3v) is 4.22. The molecule has 1 aliphatic heterocycles. The summed E-state index contributed by atoms with van der Waals surface area (Å²) in [7, 11) is 0. The highest BCUT2D eigenvalue weighted by Crippen LogP contribution is 2.63. The first-order chi connectivity index (χ1) is 8.98. The van der Waals surface area contributed by atoms with Crippen molar-refractivity contribution in [3.8, 4) is 0 Å². The monoisotopic (exact) mass is 259 g/mol. The molecule has 1 N–H and O–H groups in total. The van der Waals surface area contributed by atoms with Crippen LogP contribution in [0.25, 0.3) is 0 Å². The molecule has 1 aromatic carbocycles. The van der Waals surface area contributed by atoms with Gasteiger partial charge in [0.2, 0.25) is 11.8 Å². The lowest BCUT2D eigenvalue weighted by Crippen LogP contribution is -2.38. The maximum atomic E-state index is 12.1. The number of aliphatic carboxylic acids is 1. The summed E-state index contributed by atoms with van der Waals surface area (Å²) in [6, 6.07) is 9.20. The number of nitrogens with zero attached hydrogens (tertiary/aromatic N) is 1. The van der Waals surface area contributed by atoms with Crippen molar-refractivity contribution in [2.24, 2.45) is 17.3 Å². The van der Waals surface area contributed by atoms with Gasteiger partial charge in [-0.25, -0.2) is 0 Å². The summed E-state index contributed by atoms with van der Waals surface area (Å²) in [5, 5.41) is 9.11. The molecule has 2 unspecified atom stereocenters. The highest BCUT2D eigenvalue weighted by Gasteiger charge is 2.78. The van der Waals surface area contributed by atoms with E-state index in [0.29, 0.717) is 0 Å². The van der Waals surface area contributed by atoms with Crippen LogP contribution < -0.4 is 0 Å². The number of amides is 2. The Labute approximate surface area is 109 Å². The lowest BCUT2D eigenvalue weighted by molar-refractivity contribution is -0.153. The lowest BCUT2D eigenvalue weighted by Gasteiger charge is -2.20. The predicted octanol–water partition coefficient (Wildman–Crippen LogP) is 0.892. The highest BCUT2D eigenvalue weighted by atomic mass is 16.4. The van der Waals surface area contributed by atoms with E-state index < -0.39 is 23.2 Å². The van der Waals surface area contributed by atoms with Crippen LogP contribution in [0.15, 0.2) is 30.3 Å². The van der Waals surface area contributed by atoms with Crippen LogP contribution in [0, 0.1) is 17.3 Å². The van der Waals surface area contributed by atoms with Crippen molar-refractivity contribution >= 4 is 17.8 Å². The van der Waals surface area contributed by atoms with E-state index in [1.807, 2.05) is 30.3 Å². The molecule has 0 spiro atoms. The van der Waals surface area contributed by atoms with Gasteiger partial charge < -0.3 is 5.11 Å². The first-order valence-corrected chi connectivity index (χ1v) is 6.10. The fourth-order valence-corrected chi connectivity index (χ4v) is 2.94. The zero-order valence-corrected chi connectivity index (χ0v) is 10.4. The number of likely N-dealkylation sites (tertiary alicyclic amines) is 1. The molecule has 1 saturated carbocycles. The summed E-state index contributed by atoms with van der Waals surface area (Å²) in [6.45, 7) is 1.70. The van der Waals surface area contributed by atoms with E-state index in [0.717, 1.165) is 5.56 Å². The Bertz CT molecular complexity index is 558. The minimum Gasteiger partial charge on any atom is -0.481 e. The number of hydrogen-bond acceptors (Lipinski definition) is 3. The van der Waals surface area contributed by atoms with Crippen LogP contribution in [-0.2, 0) is 20.9 Å². The summed E-state index contributed by atoms with van der Waals surface area (Å²) >= 11 is 0. The normalized spacial score (nSPS) is 32.4. The topological polar surface area (TPSA) is 74.7 Å². The third-order valence-electron chi connectivity index (χ3n) is 4.22. The molecule has 1 saturated heterocycles. The average molecular weight is 259 g/mol. The van der Waals surface area contributed by atoms with E-state index in [-0.39, 0.29) is 18.4 Å². The molecule has 2 fully saturated rings. The molecule has 5 nitrogen and oxygen atoms in total. The fraction of sp³-hybridized carbons (Fsp3) is 0.357. The van der Waals surface area contributed by atoms with Gasteiger partial charge >= 0.3 is 5.97 Å². The molecule has 1 heterocycles. The molecule has 0 bridgehead atoms. The van der Waals surface area contributed by atoms with Gasteiger partial charge in [0.15, 0.2) is 0 Å². The largest absolute Gasteiger partial charge is 0.481 e. The molecule has 0 aromatic heterocycles. The van der Waals surface area contributed by atoms with Crippen LogP contribution >= 0.6 is 0 Å². The number of piperidine rings is 1. The standard InChI is InChI=1S/C14H13NO4/c1-14(13(18)19)9-10(14)12(17)15(11(9)16)7-8-5-3-2-4-6-8/h2-6,9-10H,7H2,1H3,(H,18,19). The van der Waals surface area contributed by atoms with Crippen LogP contribution in [0.5, 0.6) is 0 Å². The van der Waals surface area contributed by atoms with Gasteiger partial charge in [0.25, 0.3) is 0 Å². The molecule has 5 heteroatoms. The molecule has 3 rings (SSSR count). The molecule has 2 aliphatic rings. The summed E-state index contributed by atoms with van der Waals surface area (Å²) in [4.78, 5) is 36.6. The maximum Gasteiger partial charge on any atom is 0.311 e. The van der Waals surface area contributed by atoms with E-state index in [4.69, 9.17) is 5.11 Å². The number of carboxylic acids is 1. The van der Waals surface area contributed by atoms with E-state index in [1.54, 1.807) is 0 Å². The SMILES string of the molecule is CC1(C(=O)O)C2C(=O)N(Cc3ccccc3)C(=O)C21. The van der Waals surface area contributed by atoms with Crippen LogP contribution in [0.1, 0.15) is 12.5 Å². The van der Waals surface area contributed by atoms with Crippen LogP contribution in [0.3, 0.4) is 0 Å². The summed E-state index contributed by atoms with van der Waals surface area (Å²) < 4.78 is 0. The Morgan fingerprint density at radius 2 is 1.74 bits per heavy atom. The number of carboxylic acid groups (broad SMARTS) is 1. The average Bonchev–Trinajstić information content (AvgIpc) is 2.95. The number of imide groups is 1. The minimum absolute atomic E-state index is 0.223. The van der Waals surface area contributed by atoms with Crippen LogP contribution in [-0.4, -0.2) is 27.8 Å². The molecule has 19 heavy (non-hydrogen) atoms. The molecule has 0 radical (unpaired) electrons. The number of fused-ring (bicyclic) bond motifs is 1. The van der Waals surface area contributed by atoms with Crippen molar-refractivity contribution in [1.82, 2.24) is 4.90 Å². The van der Waals surface area contributed by atoms with Gasteiger partial charge in [0, 0.05) is 0 Å². The van der Waals surface area contributed by atoms with Gasteiger partial charge in [-0.15, -0.1) is 0 Å². The quantitative estimate of drug-likeness (QED) is 0.818. The van der Waals surface area contributed by atoms with Gasteiger partial charge in [-0.3, -0.25) is 19.3 Å². The second kappa shape index (κ2) is 3.66. The van der Waals surface area contributed by atoms with Crippen molar-refractivity contribution in [2.45, 2.75) is 13.5 Å². The Balaban J connectivity index is 1.81. The molecule has 98 valence electrons.